The third kappa shape index (κ3) is 4.81. The number of carbonyl (C=O) groups is 1. The average Bonchev–Trinajstić information content (AvgIpc) is 3.43. The van der Waals surface area contributed by atoms with Crippen molar-refractivity contribution in [3.8, 4) is 10.6 Å². The minimum Gasteiger partial charge on any atom is -0.348 e. The summed E-state index contributed by atoms with van der Waals surface area (Å²) in [6, 6.07) is 8.49. The quantitative estimate of drug-likeness (QED) is 0.206. The van der Waals surface area contributed by atoms with Gasteiger partial charge in [0.25, 0.3) is 5.91 Å². The molecule has 0 unspecified atom stereocenters. The summed E-state index contributed by atoms with van der Waals surface area (Å²) in [4.78, 5) is 27.9. The van der Waals surface area contributed by atoms with E-state index in [9.17, 15) is 4.79 Å². The van der Waals surface area contributed by atoms with Crippen LogP contribution >= 0.6 is 34.5 Å². The van der Waals surface area contributed by atoms with E-state index < -0.39 is 6.04 Å². The fraction of sp³-hybridized carbons (Fsp3) is 0.150. The van der Waals surface area contributed by atoms with Gasteiger partial charge in [-0.3, -0.25) is 4.79 Å². The van der Waals surface area contributed by atoms with E-state index in [0.717, 1.165) is 22.2 Å². The number of fused-ring (bicyclic) bond motifs is 1. The van der Waals surface area contributed by atoms with Crippen LogP contribution in [0.2, 0.25) is 10.0 Å². The van der Waals surface area contributed by atoms with Gasteiger partial charge in [-0.1, -0.05) is 34.4 Å². The fourth-order valence-corrected chi connectivity index (χ4v) is 4.50. The van der Waals surface area contributed by atoms with Crippen molar-refractivity contribution < 1.29 is 4.79 Å². The number of halogens is 2. The third-order valence-corrected chi connectivity index (χ3v) is 6.22. The Morgan fingerprint density at radius 2 is 2.16 bits per heavy atom. The summed E-state index contributed by atoms with van der Waals surface area (Å²) >= 11 is 13.5. The summed E-state index contributed by atoms with van der Waals surface area (Å²) in [7, 11) is 0. The Morgan fingerprint density at radius 3 is 2.97 bits per heavy atom. The molecule has 0 aliphatic rings. The lowest BCUT2D eigenvalue weighted by Gasteiger charge is -2.17. The monoisotopic (exact) mass is 471 g/mol. The van der Waals surface area contributed by atoms with Crippen LogP contribution in [-0.4, -0.2) is 33.4 Å². The number of thiazole rings is 1. The first-order valence-electron chi connectivity index (χ1n) is 9.19. The molecule has 3 aromatic heterocycles. The molecule has 0 aliphatic heterocycles. The number of H-pyrrole nitrogens is 1. The highest BCUT2D eigenvalue weighted by atomic mass is 35.5. The molecule has 0 saturated heterocycles. The number of amides is 1. The van der Waals surface area contributed by atoms with Gasteiger partial charge < -0.3 is 10.3 Å². The number of nitrogens with zero attached hydrogens (tertiary/aromatic N) is 5. The predicted octanol–water partition coefficient (Wildman–Crippen LogP) is 5.64. The number of hydrogen-bond acceptors (Lipinski definition) is 5. The number of carbonyl (C=O) groups excluding carboxylic acids is 1. The van der Waals surface area contributed by atoms with Gasteiger partial charge in [-0.2, -0.15) is 0 Å². The molecule has 31 heavy (non-hydrogen) atoms. The van der Waals surface area contributed by atoms with Crippen LogP contribution in [-0.2, 0) is 6.42 Å². The van der Waals surface area contributed by atoms with Gasteiger partial charge in [0.05, 0.1) is 6.20 Å². The number of hydrogen-bond donors (Lipinski definition) is 2. The van der Waals surface area contributed by atoms with Gasteiger partial charge in [-0.05, 0) is 41.8 Å². The second kappa shape index (κ2) is 9.36. The zero-order valence-corrected chi connectivity index (χ0v) is 18.2. The first kappa shape index (κ1) is 21.1. The first-order chi connectivity index (χ1) is 15.0. The lowest BCUT2D eigenvalue weighted by Crippen LogP contribution is -2.38. The van der Waals surface area contributed by atoms with E-state index in [-0.39, 0.29) is 12.5 Å². The van der Waals surface area contributed by atoms with Gasteiger partial charge in [0, 0.05) is 50.9 Å². The Morgan fingerprint density at radius 1 is 1.29 bits per heavy atom. The Hall–Kier alpha value is -3.10. The smallest absolute Gasteiger partial charge is 0.263 e. The minimum atomic E-state index is -0.440. The normalized spacial score (nSPS) is 11.8. The molecule has 0 spiro atoms. The van der Waals surface area contributed by atoms with Gasteiger partial charge in [-0.25, -0.2) is 9.97 Å². The molecule has 11 heteroatoms. The molecule has 4 aromatic rings. The molecule has 1 atom stereocenters. The number of azide groups is 1. The molecule has 4 rings (SSSR count). The Labute approximate surface area is 190 Å². The molecule has 3 heterocycles. The molecule has 0 saturated carbocycles. The van der Waals surface area contributed by atoms with Crippen LogP contribution in [0.1, 0.15) is 15.2 Å². The van der Waals surface area contributed by atoms with E-state index in [0.29, 0.717) is 26.4 Å². The summed E-state index contributed by atoms with van der Waals surface area (Å²) < 4.78 is 0. The SMILES string of the molecule is [N-]=[N+]=NC[C@H](Cc1ccc(Cl)cc1Cl)NC(=O)c1cnc(-c2ccnc3[nH]ccc23)s1. The van der Waals surface area contributed by atoms with Crippen LogP contribution in [0.3, 0.4) is 0 Å². The maximum absolute atomic E-state index is 12.9. The molecule has 0 aliphatic carbocycles. The van der Waals surface area contributed by atoms with Crippen LogP contribution in [0.25, 0.3) is 32.0 Å². The fourth-order valence-electron chi connectivity index (χ4n) is 3.16. The van der Waals surface area contributed by atoms with Gasteiger partial charge in [-0.15, -0.1) is 11.3 Å². The van der Waals surface area contributed by atoms with E-state index in [1.165, 1.54) is 17.5 Å². The summed E-state index contributed by atoms with van der Waals surface area (Å²) in [5.74, 6) is -0.300. The summed E-state index contributed by atoms with van der Waals surface area (Å²) in [6.45, 7) is 0.0845. The van der Waals surface area contributed by atoms with E-state index in [4.69, 9.17) is 28.7 Å². The largest absolute Gasteiger partial charge is 0.348 e. The molecule has 0 bridgehead atoms. The van der Waals surface area contributed by atoms with Crippen molar-refractivity contribution in [3.63, 3.8) is 0 Å². The van der Waals surface area contributed by atoms with E-state index in [1.807, 2.05) is 18.3 Å². The predicted molar refractivity (Wildman–Crippen MR) is 123 cm³/mol. The molecule has 8 nitrogen and oxygen atoms in total. The summed E-state index contributed by atoms with van der Waals surface area (Å²) in [5, 5.41) is 9.18. The standard InChI is InChI=1S/C20H15Cl2N7OS/c21-12-2-1-11(16(22)8-12)7-13(9-27-29-23)28-19(30)17-10-26-20(31-17)15-4-6-25-18-14(15)3-5-24-18/h1-6,8,10,13H,7,9H2,(H,24,25)(H,28,30)/t13-/m0/s1. The Balaban J connectivity index is 1.53. The molecule has 0 radical (unpaired) electrons. The highest BCUT2D eigenvalue weighted by molar-refractivity contribution is 7.17. The zero-order valence-electron chi connectivity index (χ0n) is 15.9. The maximum Gasteiger partial charge on any atom is 0.263 e. The van der Waals surface area contributed by atoms with Crippen molar-refractivity contribution in [2.75, 3.05) is 6.54 Å². The zero-order chi connectivity index (χ0) is 21.8. The number of nitrogens with one attached hydrogen (secondary N) is 2. The maximum atomic E-state index is 12.9. The second-order valence-electron chi connectivity index (χ2n) is 6.65. The van der Waals surface area contributed by atoms with Crippen molar-refractivity contribution >= 4 is 51.5 Å². The van der Waals surface area contributed by atoms with E-state index in [1.54, 1.807) is 24.4 Å². The van der Waals surface area contributed by atoms with Crippen molar-refractivity contribution in [1.29, 1.82) is 0 Å². The van der Waals surface area contributed by atoms with Crippen molar-refractivity contribution in [2.45, 2.75) is 12.5 Å². The third-order valence-electron chi connectivity index (χ3n) is 4.60. The Kier molecular flexibility index (Phi) is 6.39. The van der Waals surface area contributed by atoms with Crippen LogP contribution in [0.5, 0.6) is 0 Å². The van der Waals surface area contributed by atoms with Gasteiger partial charge in [0.2, 0.25) is 0 Å². The second-order valence-corrected chi connectivity index (χ2v) is 8.53. The van der Waals surface area contributed by atoms with Gasteiger partial charge in [0.1, 0.15) is 15.5 Å². The molecular weight excluding hydrogens is 457 g/mol. The van der Waals surface area contributed by atoms with Crippen molar-refractivity contribution in [2.24, 2.45) is 5.11 Å². The van der Waals surface area contributed by atoms with Gasteiger partial charge >= 0.3 is 0 Å². The lowest BCUT2D eigenvalue weighted by molar-refractivity contribution is 0.0942. The molecular formula is C20H15Cl2N7OS. The van der Waals surface area contributed by atoms with Crippen molar-refractivity contribution in [3.05, 3.63) is 79.9 Å². The number of benzene rings is 1. The minimum absolute atomic E-state index is 0.0845. The highest BCUT2D eigenvalue weighted by Crippen LogP contribution is 2.30. The molecule has 1 amide bonds. The van der Waals surface area contributed by atoms with Crippen LogP contribution < -0.4 is 5.32 Å². The van der Waals surface area contributed by atoms with Crippen LogP contribution in [0.4, 0.5) is 0 Å². The lowest BCUT2D eigenvalue weighted by atomic mass is 10.1. The summed E-state index contributed by atoms with van der Waals surface area (Å²) in [6.07, 6.45) is 5.43. The highest BCUT2D eigenvalue weighted by Gasteiger charge is 2.19. The van der Waals surface area contributed by atoms with Crippen molar-refractivity contribution in [1.82, 2.24) is 20.3 Å². The number of rotatable bonds is 7. The summed E-state index contributed by atoms with van der Waals surface area (Å²) in [5.41, 5.74) is 11.2. The van der Waals surface area contributed by atoms with Crippen LogP contribution in [0, 0.1) is 0 Å². The topological polar surface area (TPSA) is 119 Å². The number of pyridine rings is 1. The average molecular weight is 472 g/mol. The van der Waals surface area contributed by atoms with Gasteiger partial charge in [0.15, 0.2) is 0 Å². The van der Waals surface area contributed by atoms with E-state index in [2.05, 4.69) is 30.3 Å². The number of aromatic amines is 1. The molecule has 2 N–H and O–H groups in total. The first-order valence-corrected chi connectivity index (χ1v) is 10.8. The molecule has 0 fully saturated rings. The molecule has 156 valence electrons. The Bertz CT molecular complexity index is 1300. The number of aromatic nitrogens is 3. The van der Waals surface area contributed by atoms with Crippen LogP contribution in [0.15, 0.2) is 54.0 Å². The molecule has 1 aromatic carbocycles. The van der Waals surface area contributed by atoms with E-state index >= 15 is 0 Å².